The Bertz CT molecular complexity index is 361. The molecule has 1 heterocycles. The van der Waals surface area contributed by atoms with Crippen molar-refractivity contribution < 1.29 is 9.84 Å². The third-order valence-electron chi connectivity index (χ3n) is 2.86. The van der Waals surface area contributed by atoms with E-state index in [9.17, 15) is 5.11 Å². The lowest BCUT2D eigenvalue weighted by atomic mass is 9.95. The minimum Gasteiger partial charge on any atom is -0.381 e. The molecule has 5 heteroatoms. The van der Waals surface area contributed by atoms with Crippen molar-refractivity contribution in [3.05, 3.63) is 16.9 Å². The molecule has 0 saturated heterocycles. The minimum atomic E-state index is -1.16. The molecule has 0 spiro atoms. The van der Waals surface area contributed by atoms with Crippen molar-refractivity contribution in [2.24, 2.45) is 0 Å². The van der Waals surface area contributed by atoms with E-state index in [4.69, 9.17) is 16.3 Å². The van der Waals surface area contributed by atoms with E-state index < -0.39 is 5.60 Å². The van der Waals surface area contributed by atoms with Gasteiger partial charge in [-0.05, 0) is 27.7 Å². The van der Waals surface area contributed by atoms with E-state index in [0.29, 0.717) is 10.7 Å². The number of aromatic nitrogens is 2. The smallest absolute Gasteiger partial charge is 0.131 e. The quantitative estimate of drug-likeness (QED) is 0.887. The largest absolute Gasteiger partial charge is 0.381 e. The summed E-state index contributed by atoms with van der Waals surface area (Å²) >= 11 is 6.08. The number of rotatable bonds is 4. The molecule has 0 saturated carbocycles. The van der Waals surface area contributed by atoms with E-state index in [-0.39, 0.29) is 12.1 Å². The van der Waals surface area contributed by atoms with Crippen LogP contribution in [0.1, 0.15) is 39.4 Å². The van der Waals surface area contributed by atoms with Gasteiger partial charge in [-0.3, -0.25) is 4.68 Å². The Morgan fingerprint density at radius 1 is 1.50 bits per heavy atom. The fraction of sp³-hybridized carbons (Fsp3) is 0.727. The number of ether oxygens (including phenoxy) is 1. The monoisotopic (exact) mass is 246 g/mol. The Labute approximate surface area is 101 Å². The number of methoxy groups -OCH3 is 1. The van der Waals surface area contributed by atoms with Gasteiger partial charge in [0.25, 0.3) is 0 Å². The number of hydrogen-bond donors (Lipinski definition) is 1. The molecule has 2 unspecified atom stereocenters. The van der Waals surface area contributed by atoms with Gasteiger partial charge in [-0.15, -0.1) is 0 Å². The van der Waals surface area contributed by atoms with Gasteiger partial charge in [0.15, 0.2) is 0 Å². The van der Waals surface area contributed by atoms with Gasteiger partial charge in [-0.25, -0.2) is 0 Å². The Hall–Kier alpha value is -0.580. The van der Waals surface area contributed by atoms with Crippen molar-refractivity contribution in [2.75, 3.05) is 7.11 Å². The highest BCUT2D eigenvalue weighted by molar-refractivity contribution is 6.31. The van der Waals surface area contributed by atoms with Gasteiger partial charge in [-0.2, -0.15) is 5.10 Å². The molecular weight excluding hydrogens is 228 g/mol. The van der Waals surface area contributed by atoms with Gasteiger partial charge in [0.05, 0.1) is 23.0 Å². The van der Waals surface area contributed by atoms with Crippen LogP contribution in [-0.2, 0) is 10.3 Å². The van der Waals surface area contributed by atoms with Gasteiger partial charge < -0.3 is 9.84 Å². The summed E-state index contributed by atoms with van der Waals surface area (Å²) < 4.78 is 6.90. The fourth-order valence-corrected chi connectivity index (χ4v) is 1.95. The number of hydrogen-bond acceptors (Lipinski definition) is 3. The summed E-state index contributed by atoms with van der Waals surface area (Å²) in [5, 5.41) is 15.1. The molecular formula is C11H19ClN2O2. The average molecular weight is 247 g/mol. The molecule has 1 aromatic rings. The third kappa shape index (κ3) is 2.24. The zero-order valence-corrected chi connectivity index (χ0v) is 11.1. The van der Waals surface area contributed by atoms with Crippen LogP contribution in [0.2, 0.25) is 5.02 Å². The molecule has 0 aliphatic carbocycles. The molecule has 0 aliphatic rings. The van der Waals surface area contributed by atoms with Gasteiger partial charge in [0.2, 0.25) is 0 Å². The van der Waals surface area contributed by atoms with Crippen molar-refractivity contribution in [3.63, 3.8) is 0 Å². The maximum Gasteiger partial charge on any atom is 0.131 e. The summed E-state index contributed by atoms with van der Waals surface area (Å²) in [6.45, 7) is 7.46. The summed E-state index contributed by atoms with van der Waals surface area (Å²) in [4.78, 5) is 0. The average Bonchev–Trinajstić information content (AvgIpc) is 2.59. The predicted octanol–water partition coefficient (Wildman–Crippen LogP) is 2.36. The number of aliphatic hydroxyl groups is 1. The van der Waals surface area contributed by atoms with Crippen molar-refractivity contribution in [3.8, 4) is 0 Å². The first-order valence-corrected chi connectivity index (χ1v) is 5.68. The van der Waals surface area contributed by atoms with Gasteiger partial charge in [0, 0.05) is 13.2 Å². The lowest BCUT2D eigenvalue weighted by Crippen LogP contribution is -2.38. The van der Waals surface area contributed by atoms with Crippen LogP contribution in [-0.4, -0.2) is 28.1 Å². The molecule has 2 atom stereocenters. The summed E-state index contributed by atoms with van der Waals surface area (Å²) in [5.74, 6) is 0. The highest BCUT2D eigenvalue weighted by Gasteiger charge is 2.36. The van der Waals surface area contributed by atoms with Crippen molar-refractivity contribution in [1.29, 1.82) is 0 Å². The molecule has 0 amide bonds. The Morgan fingerprint density at radius 2 is 2.06 bits per heavy atom. The number of halogens is 1. The molecule has 0 aliphatic heterocycles. The van der Waals surface area contributed by atoms with Gasteiger partial charge in [-0.1, -0.05) is 11.6 Å². The molecule has 1 aromatic heterocycles. The molecule has 0 fully saturated rings. The van der Waals surface area contributed by atoms with Crippen LogP contribution >= 0.6 is 11.6 Å². The lowest BCUT2D eigenvalue weighted by molar-refractivity contribution is -0.0827. The zero-order chi connectivity index (χ0) is 12.5. The van der Waals surface area contributed by atoms with E-state index in [1.165, 1.54) is 0 Å². The molecule has 92 valence electrons. The first-order chi connectivity index (χ1) is 7.32. The summed E-state index contributed by atoms with van der Waals surface area (Å²) in [5.41, 5.74) is -0.564. The second kappa shape index (κ2) is 4.73. The molecule has 0 aromatic carbocycles. The van der Waals surface area contributed by atoms with E-state index in [1.54, 1.807) is 31.8 Å². The normalized spacial score (nSPS) is 17.5. The topological polar surface area (TPSA) is 47.3 Å². The molecule has 1 rings (SSSR count). The first kappa shape index (κ1) is 13.5. The second-order valence-corrected chi connectivity index (χ2v) is 4.81. The SMILES string of the molecule is COC(C)C(C)(O)c1c(Cl)cnn1C(C)C. The summed E-state index contributed by atoms with van der Waals surface area (Å²) in [6, 6.07) is 0.137. The first-order valence-electron chi connectivity index (χ1n) is 5.31. The predicted molar refractivity (Wildman–Crippen MR) is 63.7 cm³/mol. The zero-order valence-electron chi connectivity index (χ0n) is 10.4. The van der Waals surface area contributed by atoms with E-state index >= 15 is 0 Å². The molecule has 16 heavy (non-hydrogen) atoms. The van der Waals surface area contributed by atoms with Crippen LogP contribution in [0, 0.1) is 0 Å². The third-order valence-corrected chi connectivity index (χ3v) is 3.14. The van der Waals surface area contributed by atoms with E-state index in [2.05, 4.69) is 5.10 Å². The minimum absolute atomic E-state index is 0.137. The van der Waals surface area contributed by atoms with Crippen LogP contribution in [0.3, 0.4) is 0 Å². The van der Waals surface area contributed by atoms with Gasteiger partial charge in [0.1, 0.15) is 5.60 Å². The molecule has 1 N–H and O–H groups in total. The number of nitrogens with zero attached hydrogens (tertiary/aromatic N) is 2. The van der Waals surface area contributed by atoms with Crippen molar-refractivity contribution in [1.82, 2.24) is 9.78 Å². The Kier molecular flexibility index (Phi) is 3.99. The van der Waals surface area contributed by atoms with Gasteiger partial charge >= 0.3 is 0 Å². The lowest BCUT2D eigenvalue weighted by Gasteiger charge is -2.31. The van der Waals surface area contributed by atoms with Crippen LogP contribution in [0.5, 0.6) is 0 Å². The summed E-state index contributed by atoms with van der Waals surface area (Å²) in [6.07, 6.45) is 1.19. The molecule has 0 radical (unpaired) electrons. The van der Waals surface area contributed by atoms with E-state index in [0.717, 1.165) is 0 Å². The highest BCUT2D eigenvalue weighted by atomic mass is 35.5. The van der Waals surface area contributed by atoms with Crippen LogP contribution in [0.15, 0.2) is 6.20 Å². The highest BCUT2D eigenvalue weighted by Crippen LogP contribution is 2.33. The molecule has 4 nitrogen and oxygen atoms in total. The van der Waals surface area contributed by atoms with Crippen molar-refractivity contribution >= 4 is 11.6 Å². The Balaban J connectivity index is 3.25. The van der Waals surface area contributed by atoms with Crippen LogP contribution in [0.25, 0.3) is 0 Å². The summed E-state index contributed by atoms with van der Waals surface area (Å²) in [7, 11) is 1.56. The maximum absolute atomic E-state index is 10.5. The Morgan fingerprint density at radius 3 is 2.50 bits per heavy atom. The maximum atomic E-state index is 10.5. The van der Waals surface area contributed by atoms with E-state index in [1.807, 2.05) is 13.8 Å². The van der Waals surface area contributed by atoms with Crippen LogP contribution in [0.4, 0.5) is 0 Å². The van der Waals surface area contributed by atoms with Crippen molar-refractivity contribution in [2.45, 2.75) is 45.4 Å². The van der Waals surface area contributed by atoms with Crippen LogP contribution < -0.4 is 0 Å². The molecule has 0 bridgehead atoms. The standard InChI is InChI=1S/C11H19ClN2O2/c1-7(2)14-10(9(12)6-13-14)11(4,15)8(3)16-5/h6-8,15H,1-5H3. The fourth-order valence-electron chi connectivity index (χ4n) is 1.63. The second-order valence-electron chi connectivity index (χ2n) is 4.40.